The first-order valence-corrected chi connectivity index (χ1v) is 11.4. The van der Waals surface area contributed by atoms with Gasteiger partial charge >= 0.3 is 5.97 Å². The van der Waals surface area contributed by atoms with Gasteiger partial charge in [0.15, 0.2) is 0 Å². The number of esters is 1. The highest BCUT2D eigenvalue weighted by Gasteiger charge is 2.64. The van der Waals surface area contributed by atoms with E-state index in [2.05, 4.69) is 38.1 Å². The maximum absolute atomic E-state index is 13.7. The second-order valence-corrected chi connectivity index (χ2v) is 9.72. The van der Waals surface area contributed by atoms with Crippen LogP contribution in [0.15, 0.2) is 42.5 Å². The molecule has 2 aromatic rings. The van der Waals surface area contributed by atoms with E-state index in [0.717, 1.165) is 40.7 Å². The summed E-state index contributed by atoms with van der Waals surface area (Å²) in [4.78, 5) is 26.3. The minimum absolute atomic E-state index is 0.0167. The Labute approximate surface area is 183 Å². The predicted molar refractivity (Wildman–Crippen MR) is 119 cm³/mol. The second-order valence-electron chi connectivity index (χ2n) is 9.72. The van der Waals surface area contributed by atoms with Gasteiger partial charge < -0.3 is 9.47 Å². The van der Waals surface area contributed by atoms with Gasteiger partial charge in [-0.05, 0) is 54.5 Å². The average molecular weight is 419 g/mol. The van der Waals surface area contributed by atoms with Crippen molar-refractivity contribution in [2.75, 3.05) is 0 Å². The zero-order valence-electron chi connectivity index (χ0n) is 18.6. The van der Waals surface area contributed by atoms with E-state index in [1.165, 1.54) is 0 Å². The lowest BCUT2D eigenvalue weighted by atomic mass is 9.80. The first-order chi connectivity index (χ1) is 14.9. The van der Waals surface area contributed by atoms with Crippen LogP contribution in [0.4, 0.5) is 0 Å². The van der Waals surface area contributed by atoms with Crippen molar-refractivity contribution in [3.8, 4) is 11.1 Å². The minimum atomic E-state index is -0.442. The summed E-state index contributed by atoms with van der Waals surface area (Å²) in [5.41, 5.74) is 5.49. The van der Waals surface area contributed by atoms with Crippen LogP contribution in [0.1, 0.15) is 49.3 Å². The first-order valence-electron chi connectivity index (χ1n) is 11.4. The Bertz CT molecular complexity index is 1000. The van der Waals surface area contributed by atoms with E-state index >= 15 is 0 Å². The number of carbonyl (C=O) groups is 2. The van der Waals surface area contributed by atoms with Crippen molar-refractivity contribution in [1.29, 1.82) is 0 Å². The van der Waals surface area contributed by atoms with E-state index in [4.69, 9.17) is 9.47 Å². The van der Waals surface area contributed by atoms with Gasteiger partial charge in [-0.3, -0.25) is 9.59 Å². The molecule has 2 aromatic carbocycles. The number of aryl methyl sites for hydroxylation is 2. The predicted octanol–water partition coefficient (Wildman–Crippen LogP) is 5.00. The van der Waals surface area contributed by atoms with Gasteiger partial charge in [0.2, 0.25) is 0 Å². The molecule has 2 bridgehead atoms. The van der Waals surface area contributed by atoms with Crippen molar-refractivity contribution < 1.29 is 19.1 Å². The molecule has 1 saturated carbocycles. The number of benzene rings is 2. The normalized spacial score (nSPS) is 31.3. The fourth-order valence-corrected chi connectivity index (χ4v) is 6.08. The quantitative estimate of drug-likeness (QED) is 0.656. The Balaban J connectivity index is 1.57. The van der Waals surface area contributed by atoms with Crippen molar-refractivity contribution >= 4 is 11.8 Å². The monoisotopic (exact) mass is 418 g/mol. The lowest BCUT2D eigenvalue weighted by Crippen LogP contribution is -2.36. The van der Waals surface area contributed by atoms with E-state index in [1.54, 1.807) is 0 Å². The van der Waals surface area contributed by atoms with Gasteiger partial charge in [-0.1, -0.05) is 56.3 Å². The molecule has 0 N–H and O–H groups in total. The third-order valence-electron chi connectivity index (χ3n) is 7.41. The second kappa shape index (κ2) is 7.59. The molecule has 0 spiro atoms. The summed E-state index contributed by atoms with van der Waals surface area (Å²) in [7, 11) is 0. The van der Waals surface area contributed by atoms with E-state index in [9.17, 15) is 9.59 Å². The molecule has 1 aliphatic carbocycles. The average Bonchev–Trinajstić information content (AvgIpc) is 3.43. The lowest BCUT2D eigenvalue weighted by Gasteiger charge is -2.29. The Hall–Kier alpha value is -2.46. The summed E-state index contributed by atoms with van der Waals surface area (Å²) in [6.07, 6.45) is 1.45. The van der Waals surface area contributed by atoms with Gasteiger partial charge in [-0.2, -0.15) is 0 Å². The summed E-state index contributed by atoms with van der Waals surface area (Å²) in [5.74, 6) is -0.848. The van der Waals surface area contributed by atoms with Crippen LogP contribution in [0.5, 0.6) is 0 Å². The number of carbonyl (C=O) groups excluding carboxylic acids is 2. The number of ether oxygens (including phenoxy) is 2. The van der Waals surface area contributed by atoms with Crippen LogP contribution in [0.25, 0.3) is 11.1 Å². The highest BCUT2D eigenvalue weighted by molar-refractivity contribution is 5.94. The van der Waals surface area contributed by atoms with Crippen molar-refractivity contribution in [1.82, 2.24) is 0 Å². The number of ketones is 1. The Morgan fingerprint density at radius 2 is 1.65 bits per heavy atom. The molecule has 3 aliphatic rings. The van der Waals surface area contributed by atoms with Crippen molar-refractivity contribution in [2.24, 2.45) is 17.8 Å². The van der Waals surface area contributed by atoms with E-state index in [0.29, 0.717) is 0 Å². The molecule has 0 aromatic heterocycles. The highest BCUT2D eigenvalue weighted by atomic mass is 16.6. The van der Waals surface area contributed by atoms with Crippen LogP contribution in [0.3, 0.4) is 0 Å². The number of Topliss-reactive ketones (excluding diaryl/α,β-unsaturated/α-hetero) is 1. The van der Waals surface area contributed by atoms with Crippen LogP contribution in [-0.2, 0) is 19.1 Å². The van der Waals surface area contributed by atoms with Gasteiger partial charge in [0.1, 0.15) is 11.9 Å². The van der Waals surface area contributed by atoms with Crippen LogP contribution in [-0.4, -0.2) is 30.1 Å². The molecule has 0 amide bonds. The molecule has 3 fully saturated rings. The molecule has 2 saturated heterocycles. The van der Waals surface area contributed by atoms with E-state index in [1.807, 2.05) is 32.0 Å². The molecule has 4 nitrogen and oxygen atoms in total. The summed E-state index contributed by atoms with van der Waals surface area (Å²) in [5, 5.41) is 0. The SMILES string of the molecule is Cc1cc(-c2ccccc2)cc(C)c1C1C(=O)C2C3CCC(O3)C2C1OC(=O)C(C)C. The van der Waals surface area contributed by atoms with Crippen molar-refractivity contribution in [3.05, 3.63) is 59.2 Å². The van der Waals surface area contributed by atoms with Gasteiger partial charge in [0.05, 0.1) is 30.0 Å². The highest BCUT2D eigenvalue weighted by Crippen LogP contribution is 2.56. The molecule has 4 heteroatoms. The largest absolute Gasteiger partial charge is 0.461 e. The van der Waals surface area contributed by atoms with Crippen LogP contribution in [0, 0.1) is 31.6 Å². The first kappa shape index (κ1) is 20.4. The minimum Gasteiger partial charge on any atom is -0.461 e. The maximum Gasteiger partial charge on any atom is 0.308 e. The molecule has 0 radical (unpaired) electrons. The van der Waals surface area contributed by atoms with Crippen molar-refractivity contribution in [3.63, 3.8) is 0 Å². The van der Waals surface area contributed by atoms with E-state index < -0.39 is 12.0 Å². The standard InChI is InChI=1S/C27H30O4/c1-14(2)27(29)31-26-23-20-11-10-19(30-20)22(23)25(28)24(26)21-15(3)12-18(13-16(21)4)17-8-6-5-7-9-17/h5-9,12-14,19-20,22-24,26H,10-11H2,1-4H3. The van der Waals surface area contributed by atoms with Crippen molar-refractivity contribution in [2.45, 2.75) is 64.8 Å². The van der Waals surface area contributed by atoms with E-state index in [-0.39, 0.29) is 41.7 Å². The van der Waals surface area contributed by atoms with Crippen LogP contribution in [0.2, 0.25) is 0 Å². The molecular weight excluding hydrogens is 388 g/mol. The van der Waals surface area contributed by atoms with Gasteiger partial charge in [-0.15, -0.1) is 0 Å². The van der Waals surface area contributed by atoms with Gasteiger partial charge in [-0.25, -0.2) is 0 Å². The molecule has 31 heavy (non-hydrogen) atoms. The topological polar surface area (TPSA) is 52.6 Å². The summed E-state index contributed by atoms with van der Waals surface area (Å²) < 4.78 is 12.2. The zero-order chi connectivity index (χ0) is 21.9. The fourth-order valence-electron chi connectivity index (χ4n) is 6.08. The smallest absolute Gasteiger partial charge is 0.308 e. The van der Waals surface area contributed by atoms with Gasteiger partial charge in [0, 0.05) is 5.92 Å². The number of fused-ring (bicyclic) bond motifs is 5. The third-order valence-corrected chi connectivity index (χ3v) is 7.41. The summed E-state index contributed by atoms with van der Waals surface area (Å²) >= 11 is 0. The lowest BCUT2D eigenvalue weighted by molar-refractivity contribution is -0.157. The number of hydrogen-bond donors (Lipinski definition) is 0. The summed E-state index contributed by atoms with van der Waals surface area (Å²) in [6, 6.07) is 14.6. The molecule has 2 heterocycles. The molecule has 2 aliphatic heterocycles. The Morgan fingerprint density at radius 3 is 2.29 bits per heavy atom. The van der Waals surface area contributed by atoms with Crippen LogP contribution >= 0.6 is 0 Å². The molecule has 5 rings (SSSR count). The Kier molecular flexibility index (Phi) is 5.01. The molecule has 6 atom stereocenters. The molecule has 162 valence electrons. The molecule has 6 unspecified atom stereocenters. The van der Waals surface area contributed by atoms with Crippen LogP contribution < -0.4 is 0 Å². The zero-order valence-corrected chi connectivity index (χ0v) is 18.6. The number of rotatable bonds is 4. The molecular formula is C27H30O4. The van der Waals surface area contributed by atoms with Gasteiger partial charge in [0.25, 0.3) is 0 Å². The third kappa shape index (κ3) is 3.23. The Morgan fingerprint density at radius 1 is 1.00 bits per heavy atom. The summed E-state index contributed by atoms with van der Waals surface area (Å²) in [6.45, 7) is 7.83. The fraction of sp³-hybridized carbons (Fsp3) is 0.481. The number of hydrogen-bond acceptors (Lipinski definition) is 4. The maximum atomic E-state index is 13.7.